The van der Waals surface area contributed by atoms with E-state index in [1.807, 2.05) is 20.8 Å². The lowest BCUT2D eigenvalue weighted by Crippen LogP contribution is -2.35. The highest BCUT2D eigenvalue weighted by molar-refractivity contribution is 5.92. The number of furan rings is 1. The molecule has 1 aromatic heterocycles. The van der Waals surface area contributed by atoms with Gasteiger partial charge in [0.25, 0.3) is 5.91 Å². The molecule has 0 saturated carbocycles. The van der Waals surface area contributed by atoms with Gasteiger partial charge in [-0.25, -0.2) is 0 Å². The van der Waals surface area contributed by atoms with Gasteiger partial charge in [-0.15, -0.1) is 0 Å². The molecule has 0 aliphatic heterocycles. The van der Waals surface area contributed by atoms with E-state index < -0.39 is 11.7 Å². The minimum Gasteiger partial charge on any atom is -0.451 e. The molecule has 1 aromatic carbocycles. The van der Waals surface area contributed by atoms with Crippen molar-refractivity contribution < 1.29 is 22.4 Å². The Bertz CT molecular complexity index is 689. The van der Waals surface area contributed by atoms with E-state index in [0.29, 0.717) is 0 Å². The number of hydrogen-bond acceptors (Lipinski definition) is 2. The van der Waals surface area contributed by atoms with E-state index in [1.54, 1.807) is 0 Å². The molecular formula is C17H18F3NO2. The van der Waals surface area contributed by atoms with E-state index >= 15 is 0 Å². The molecule has 6 heteroatoms. The van der Waals surface area contributed by atoms with Crippen LogP contribution in [0.25, 0.3) is 11.3 Å². The van der Waals surface area contributed by atoms with Crippen LogP contribution in [0.1, 0.15) is 36.9 Å². The number of nitrogens with one attached hydrogen (secondary N) is 1. The Morgan fingerprint density at radius 3 is 2.43 bits per heavy atom. The van der Waals surface area contributed by atoms with Crippen LogP contribution in [0.15, 0.2) is 40.8 Å². The van der Waals surface area contributed by atoms with Gasteiger partial charge in [0.15, 0.2) is 5.76 Å². The van der Waals surface area contributed by atoms with Gasteiger partial charge in [-0.2, -0.15) is 13.2 Å². The molecule has 1 amide bonds. The predicted molar refractivity (Wildman–Crippen MR) is 80.9 cm³/mol. The molecule has 0 spiro atoms. The summed E-state index contributed by atoms with van der Waals surface area (Å²) in [6.45, 7) is 5.82. The first-order valence-corrected chi connectivity index (χ1v) is 7.27. The molecule has 1 unspecified atom stereocenters. The van der Waals surface area contributed by atoms with Gasteiger partial charge in [-0.1, -0.05) is 26.0 Å². The first kappa shape index (κ1) is 17.1. The van der Waals surface area contributed by atoms with Crippen molar-refractivity contribution in [3.63, 3.8) is 0 Å². The Morgan fingerprint density at radius 2 is 1.83 bits per heavy atom. The van der Waals surface area contributed by atoms with E-state index in [0.717, 1.165) is 12.1 Å². The van der Waals surface area contributed by atoms with Crippen molar-refractivity contribution in [2.24, 2.45) is 5.92 Å². The molecule has 0 saturated heterocycles. The summed E-state index contributed by atoms with van der Waals surface area (Å²) in [7, 11) is 0. The SMILES string of the molecule is CC(C)C(C)NC(=O)c1ccc(-c2cccc(C(F)(F)F)c2)o1. The number of carbonyl (C=O) groups is 1. The van der Waals surface area contributed by atoms with Gasteiger partial charge in [0.2, 0.25) is 0 Å². The molecule has 1 heterocycles. The van der Waals surface area contributed by atoms with E-state index in [4.69, 9.17) is 4.42 Å². The van der Waals surface area contributed by atoms with Crippen LogP contribution < -0.4 is 5.32 Å². The smallest absolute Gasteiger partial charge is 0.416 e. The third kappa shape index (κ3) is 4.15. The number of amides is 1. The van der Waals surface area contributed by atoms with Gasteiger partial charge >= 0.3 is 6.18 Å². The summed E-state index contributed by atoms with van der Waals surface area (Å²) in [5.74, 6) is 0.171. The Morgan fingerprint density at radius 1 is 1.13 bits per heavy atom. The number of rotatable bonds is 4. The summed E-state index contributed by atoms with van der Waals surface area (Å²) < 4.78 is 43.6. The summed E-state index contributed by atoms with van der Waals surface area (Å²) in [6, 6.07) is 7.71. The maximum absolute atomic E-state index is 12.7. The fourth-order valence-electron chi connectivity index (χ4n) is 1.91. The molecule has 2 aromatic rings. The summed E-state index contributed by atoms with van der Waals surface area (Å²) in [5, 5.41) is 2.78. The minimum atomic E-state index is -4.42. The molecule has 2 rings (SSSR count). The van der Waals surface area contributed by atoms with Crippen molar-refractivity contribution in [2.75, 3.05) is 0 Å². The van der Waals surface area contributed by atoms with Crippen molar-refractivity contribution in [1.82, 2.24) is 5.32 Å². The number of hydrogen-bond donors (Lipinski definition) is 1. The Balaban J connectivity index is 2.21. The number of benzene rings is 1. The molecule has 23 heavy (non-hydrogen) atoms. The fraction of sp³-hybridized carbons (Fsp3) is 0.353. The minimum absolute atomic E-state index is 0.0374. The molecule has 0 radical (unpaired) electrons. The quantitative estimate of drug-likeness (QED) is 0.882. The normalized spacial score (nSPS) is 13.2. The number of alkyl halides is 3. The van der Waals surface area contributed by atoms with Crippen LogP contribution in [-0.2, 0) is 6.18 Å². The Hall–Kier alpha value is -2.24. The molecular weight excluding hydrogens is 307 g/mol. The second-order valence-electron chi connectivity index (χ2n) is 5.75. The van der Waals surface area contributed by atoms with E-state index in [-0.39, 0.29) is 35.0 Å². The van der Waals surface area contributed by atoms with Crippen LogP contribution in [0.2, 0.25) is 0 Å². The zero-order valence-electron chi connectivity index (χ0n) is 13.1. The topological polar surface area (TPSA) is 42.2 Å². The van der Waals surface area contributed by atoms with Crippen molar-refractivity contribution >= 4 is 5.91 Å². The standard InChI is InChI=1S/C17H18F3NO2/c1-10(2)11(3)21-16(22)15-8-7-14(23-15)12-5-4-6-13(9-12)17(18,19)20/h4-11H,1-3H3,(H,21,22). The average molecular weight is 325 g/mol. The molecule has 1 N–H and O–H groups in total. The first-order valence-electron chi connectivity index (χ1n) is 7.27. The third-order valence-electron chi connectivity index (χ3n) is 3.66. The van der Waals surface area contributed by atoms with Crippen LogP contribution in [0.3, 0.4) is 0 Å². The molecule has 124 valence electrons. The largest absolute Gasteiger partial charge is 0.451 e. The lowest BCUT2D eigenvalue weighted by molar-refractivity contribution is -0.137. The Kier molecular flexibility index (Phi) is 4.82. The molecule has 0 bridgehead atoms. The van der Waals surface area contributed by atoms with Crippen LogP contribution in [0.5, 0.6) is 0 Å². The lowest BCUT2D eigenvalue weighted by Gasteiger charge is -2.16. The second kappa shape index (κ2) is 6.48. The number of halogens is 3. The molecule has 3 nitrogen and oxygen atoms in total. The summed E-state index contributed by atoms with van der Waals surface area (Å²) in [4.78, 5) is 12.0. The van der Waals surface area contributed by atoms with Crippen molar-refractivity contribution in [2.45, 2.75) is 33.0 Å². The van der Waals surface area contributed by atoms with Crippen LogP contribution in [-0.4, -0.2) is 11.9 Å². The van der Waals surface area contributed by atoms with Crippen LogP contribution >= 0.6 is 0 Å². The Labute approximate surface area is 132 Å². The number of carbonyl (C=O) groups excluding carboxylic acids is 1. The fourth-order valence-corrected chi connectivity index (χ4v) is 1.91. The highest BCUT2D eigenvalue weighted by Crippen LogP contribution is 2.32. The van der Waals surface area contributed by atoms with Gasteiger partial charge in [-0.05, 0) is 37.1 Å². The monoisotopic (exact) mass is 325 g/mol. The molecule has 0 aliphatic rings. The molecule has 0 aliphatic carbocycles. The van der Waals surface area contributed by atoms with E-state index in [1.165, 1.54) is 24.3 Å². The summed E-state index contributed by atoms with van der Waals surface area (Å²) in [5.41, 5.74) is -0.485. The van der Waals surface area contributed by atoms with Crippen molar-refractivity contribution in [3.8, 4) is 11.3 Å². The van der Waals surface area contributed by atoms with Crippen molar-refractivity contribution in [3.05, 3.63) is 47.7 Å². The maximum atomic E-state index is 12.7. The predicted octanol–water partition coefficient (Wildman–Crippen LogP) is 4.74. The first-order chi connectivity index (χ1) is 10.7. The maximum Gasteiger partial charge on any atom is 0.416 e. The van der Waals surface area contributed by atoms with Gasteiger partial charge in [-0.3, -0.25) is 4.79 Å². The van der Waals surface area contributed by atoms with Crippen molar-refractivity contribution in [1.29, 1.82) is 0 Å². The average Bonchev–Trinajstić information content (AvgIpc) is 2.96. The van der Waals surface area contributed by atoms with Crippen LogP contribution in [0.4, 0.5) is 13.2 Å². The molecule has 1 atom stereocenters. The lowest BCUT2D eigenvalue weighted by atomic mass is 10.1. The van der Waals surface area contributed by atoms with E-state index in [9.17, 15) is 18.0 Å². The van der Waals surface area contributed by atoms with Gasteiger partial charge in [0.05, 0.1) is 5.56 Å². The highest BCUT2D eigenvalue weighted by Gasteiger charge is 2.30. The van der Waals surface area contributed by atoms with E-state index in [2.05, 4.69) is 5.32 Å². The third-order valence-corrected chi connectivity index (χ3v) is 3.66. The highest BCUT2D eigenvalue weighted by atomic mass is 19.4. The second-order valence-corrected chi connectivity index (χ2v) is 5.75. The van der Waals surface area contributed by atoms with Gasteiger partial charge < -0.3 is 9.73 Å². The summed E-state index contributed by atoms with van der Waals surface area (Å²) in [6.07, 6.45) is -4.42. The van der Waals surface area contributed by atoms with Crippen LogP contribution in [0, 0.1) is 5.92 Å². The van der Waals surface area contributed by atoms with Gasteiger partial charge in [0, 0.05) is 11.6 Å². The summed E-state index contributed by atoms with van der Waals surface area (Å²) >= 11 is 0. The zero-order valence-corrected chi connectivity index (χ0v) is 13.1. The zero-order chi connectivity index (χ0) is 17.2. The molecule has 0 fully saturated rings. The van der Waals surface area contributed by atoms with Gasteiger partial charge in [0.1, 0.15) is 5.76 Å².